The highest BCUT2D eigenvalue weighted by atomic mass is 35.5. The molecule has 214 valence electrons. The SMILES string of the molecule is O=C(O)c1cc2nn3c(c2cc1F)OC[C@H]1[C@@H]3[C@H](c2cccc(Cl)c2F)[C@]2(C(=O)Nc3cc(Cl)ccc32)N1CC1CC1. The maximum Gasteiger partial charge on any atom is 0.338 e. The minimum absolute atomic E-state index is 0.0827. The highest BCUT2D eigenvalue weighted by Gasteiger charge is 2.69. The molecule has 8 nitrogen and oxygen atoms in total. The number of nitrogens with one attached hydrogen (secondary N) is 1. The lowest BCUT2D eigenvalue weighted by Crippen LogP contribution is -2.54. The van der Waals surface area contributed by atoms with Crippen LogP contribution in [0.5, 0.6) is 5.88 Å². The van der Waals surface area contributed by atoms with Gasteiger partial charge in [0.2, 0.25) is 11.8 Å². The number of benzene rings is 3. The van der Waals surface area contributed by atoms with E-state index in [0.717, 1.165) is 25.0 Å². The Bertz CT molecular complexity index is 1860. The fraction of sp³-hybridized carbons (Fsp3) is 0.300. The summed E-state index contributed by atoms with van der Waals surface area (Å²) in [5.41, 5.74) is -0.241. The smallest absolute Gasteiger partial charge is 0.338 e. The molecule has 12 heteroatoms. The molecule has 3 aliphatic heterocycles. The number of halogens is 4. The third-order valence-electron chi connectivity index (χ3n) is 9.14. The molecule has 4 aromatic rings. The van der Waals surface area contributed by atoms with Gasteiger partial charge in [0.15, 0.2) is 0 Å². The molecule has 0 radical (unpaired) electrons. The average molecular weight is 611 g/mol. The normalized spacial score (nSPS) is 26.2. The van der Waals surface area contributed by atoms with E-state index in [-0.39, 0.29) is 34.5 Å². The average Bonchev–Trinajstić information content (AvgIpc) is 3.55. The van der Waals surface area contributed by atoms with Crippen LogP contribution in [0.3, 0.4) is 0 Å². The number of aromatic carboxylic acids is 1. The fourth-order valence-electron chi connectivity index (χ4n) is 7.28. The monoisotopic (exact) mass is 610 g/mol. The number of carbonyl (C=O) groups excluding carboxylic acids is 1. The van der Waals surface area contributed by atoms with Crippen LogP contribution >= 0.6 is 23.2 Å². The number of hydrogen-bond donors (Lipinski definition) is 2. The number of carboxylic acid groups (broad SMARTS) is 1. The zero-order chi connectivity index (χ0) is 29.1. The van der Waals surface area contributed by atoms with Gasteiger partial charge in [0.05, 0.1) is 33.6 Å². The van der Waals surface area contributed by atoms with Gasteiger partial charge >= 0.3 is 5.97 Å². The number of aromatic nitrogens is 2. The van der Waals surface area contributed by atoms with Gasteiger partial charge < -0.3 is 15.2 Å². The van der Waals surface area contributed by atoms with Crippen molar-refractivity contribution in [2.75, 3.05) is 18.5 Å². The molecule has 1 saturated heterocycles. The van der Waals surface area contributed by atoms with Crippen molar-refractivity contribution in [3.63, 3.8) is 0 Å². The summed E-state index contributed by atoms with van der Waals surface area (Å²) in [6.45, 7) is 0.684. The Morgan fingerprint density at radius 2 is 1.98 bits per heavy atom. The van der Waals surface area contributed by atoms with E-state index in [9.17, 15) is 19.1 Å². The number of ether oxygens (including phenoxy) is 1. The number of carbonyl (C=O) groups is 2. The van der Waals surface area contributed by atoms with Crippen LogP contribution in [0.2, 0.25) is 10.0 Å². The number of amides is 1. The Hall–Kier alpha value is -3.73. The zero-order valence-electron chi connectivity index (χ0n) is 21.8. The number of anilines is 1. The Labute approximate surface area is 247 Å². The van der Waals surface area contributed by atoms with Gasteiger partial charge in [-0.25, -0.2) is 18.3 Å². The number of fused-ring (bicyclic) bond motifs is 7. The largest absolute Gasteiger partial charge is 0.478 e. The molecule has 4 aliphatic rings. The molecule has 1 saturated carbocycles. The van der Waals surface area contributed by atoms with Crippen molar-refractivity contribution in [2.45, 2.75) is 36.4 Å². The third-order valence-corrected chi connectivity index (χ3v) is 9.66. The lowest BCUT2D eigenvalue weighted by molar-refractivity contribution is -0.128. The van der Waals surface area contributed by atoms with Gasteiger partial charge in [-0.3, -0.25) is 9.69 Å². The van der Waals surface area contributed by atoms with Crippen molar-refractivity contribution in [3.05, 3.63) is 86.9 Å². The Morgan fingerprint density at radius 1 is 1.17 bits per heavy atom. The molecule has 1 amide bonds. The predicted octanol–water partition coefficient (Wildman–Crippen LogP) is 5.98. The standard InChI is InChI=1S/C30H22Cl2F2N4O4/c31-14-6-7-18-22(8-14)35-29(41)30(18)24(15-2-1-3-19(32)25(15)34)26-23(37(30)11-13-4-5-13)12-42-27-17-9-20(33)16(28(39)40)10-21(17)36-38(26)27/h1-3,6-10,13,23-24,26H,4-5,11-12H2,(H,35,41)(H,39,40)/t23-,24-,26+,30+/m0/s1. The second kappa shape index (κ2) is 8.89. The second-order valence-corrected chi connectivity index (χ2v) is 12.2. The van der Waals surface area contributed by atoms with Crippen molar-refractivity contribution in [3.8, 4) is 5.88 Å². The van der Waals surface area contributed by atoms with Crippen LogP contribution in [0.25, 0.3) is 10.9 Å². The number of rotatable bonds is 4. The summed E-state index contributed by atoms with van der Waals surface area (Å²) >= 11 is 12.7. The van der Waals surface area contributed by atoms with Crippen molar-refractivity contribution < 1.29 is 28.2 Å². The van der Waals surface area contributed by atoms with Crippen molar-refractivity contribution in [1.29, 1.82) is 0 Å². The number of carboxylic acids is 1. The summed E-state index contributed by atoms with van der Waals surface area (Å²) in [7, 11) is 0. The van der Waals surface area contributed by atoms with Crippen LogP contribution in [0.1, 0.15) is 46.3 Å². The fourth-order valence-corrected chi connectivity index (χ4v) is 7.63. The first-order chi connectivity index (χ1) is 20.2. The van der Waals surface area contributed by atoms with E-state index in [1.54, 1.807) is 35.0 Å². The van der Waals surface area contributed by atoms with E-state index in [1.165, 1.54) is 6.07 Å². The number of nitrogens with zero attached hydrogens (tertiary/aromatic N) is 3. The predicted molar refractivity (Wildman–Crippen MR) is 150 cm³/mol. The molecule has 4 heterocycles. The molecule has 42 heavy (non-hydrogen) atoms. The number of likely N-dealkylation sites (tertiary alicyclic amines) is 1. The van der Waals surface area contributed by atoms with E-state index >= 15 is 4.39 Å². The van der Waals surface area contributed by atoms with Crippen LogP contribution in [0.4, 0.5) is 14.5 Å². The minimum Gasteiger partial charge on any atom is -0.478 e. The van der Waals surface area contributed by atoms with Crippen LogP contribution < -0.4 is 10.1 Å². The quantitative estimate of drug-likeness (QED) is 0.295. The molecule has 0 bridgehead atoms. The summed E-state index contributed by atoms with van der Waals surface area (Å²) in [5.74, 6) is -3.58. The minimum atomic E-state index is -1.42. The molecule has 4 atom stereocenters. The van der Waals surface area contributed by atoms with Gasteiger partial charge in [-0.15, -0.1) is 0 Å². The van der Waals surface area contributed by atoms with Crippen LogP contribution in [-0.2, 0) is 10.3 Å². The molecule has 0 unspecified atom stereocenters. The van der Waals surface area contributed by atoms with Gasteiger partial charge in [-0.2, -0.15) is 5.10 Å². The summed E-state index contributed by atoms with van der Waals surface area (Å²) in [6, 6.07) is 11.1. The third kappa shape index (κ3) is 3.40. The first-order valence-corrected chi connectivity index (χ1v) is 14.4. The first-order valence-electron chi connectivity index (χ1n) is 13.6. The lowest BCUT2D eigenvalue weighted by atomic mass is 9.73. The summed E-state index contributed by atoms with van der Waals surface area (Å²) < 4.78 is 38.7. The van der Waals surface area contributed by atoms with E-state index < -0.39 is 46.7 Å². The van der Waals surface area contributed by atoms with Gasteiger partial charge in [-0.1, -0.05) is 41.4 Å². The highest BCUT2D eigenvalue weighted by Crippen LogP contribution is 2.63. The summed E-state index contributed by atoms with van der Waals surface area (Å²) in [5, 5.41) is 17.9. The van der Waals surface area contributed by atoms with E-state index in [4.69, 9.17) is 33.0 Å². The molecular formula is C30H22Cl2F2N4O4. The van der Waals surface area contributed by atoms with Gasteiger partial charge in [0, 0.05) is 28.7 Å². The summed E-state index contributed by atoms with van der Waals surface area (Å²) in [6.07, 6.45) is 2.01. The maximum absolute atomic E-state index is 16.1. The first kappa shape index (κ1) is 25.9. The molecule has 1 aliphatic carbocycles. The number of hydrogen-bond acceptors (Lipinski definition) is 5. The molecule has 1 aromatic heterocycles. The van der Waals surface area contributed by atoms with E-state index in [0.29, 0.717) is 34.1 Å². The van der Waals surface area contributed by atoms with Crippen molar-refractivity contribution >= 4 is 51.7 Å². The Kier molecular flexibility index (Phi) is 5.49. The zero-order valence-corrected chi connectivity index (χ0v) is 23.3. The summed E-state index contributed by atoms with van der Waals surface area (Å²) in [4.78, 5) is 28.2. The van der Waals surface area contributed by atoms with E-state index in [1.807, 2.05) is 0 Å². The molecule has 8 rings (SSSR count). The van der Waals surface area contributed by atoms with Crippen LogP contribution in [0, 0.1) is 17.6 Å². The maximum atomic E-state index is 16.1. The molecule has 2 N–H and O–H groups in total. The van der Waals surface area contributed by atoms with Gasteiger partial charge in [0.1, 0.15) is 23.8 Å². The molecule has 1 spiro atoms. The molecule has 2 fully saturated rings. The molecular weight excluding hydrogens is 589 g/mol. The topological polar surface area (TPSA) is 96.7 Å². The molecule has 3 aromatic carbocycles. The van der Waals surface area contributed by atoms with Crippen molar-refractivity contribution in [1.82, 2.24) is 14.7 Å². The van der Waals surface area contributed by atoms with E-state index in [2.05, 4.69) is 10.2 Å². The Balaban J connectivity index is 1.44. The van der Waals surface area contributed by atoms with Gasteiger partial charge in [-0.05, 0) is 54.7 Å². The van der Waals surface area contributed by atoms with Gasteiger partial charge in [0.25, 0.3) is 0 Å². The lowest BCUT2D eigenvalue weighted by Gasteiger charge is -2.39. The van der Waals surface area contributed by atoms with Crippen LogP contribution in [0.15, 0.2) is 48.5 Å². The highest BCUT2D eigenvalue weighted by molar-refractivity contribution is 6.31. The Morgan fingerprint density at radius 3 is 2.74 bits per heavy atom. The second-order valence-electron chi connectivity index (χ2n) is 11.4. The van der Waals surface area contributed by atoms with Crippen LogP contribution in [-0.4, -0.2) is 50.9 Å². The van der Waals surface area contributed by atoms with Crippen molar-refractivity contribution in [2.24, 2.45) is 5.92 Å².